The summed E-state index contributed by atoms with van der Waals surface area (Å²) in [6.45, 7) is 1.55. The van der Waals surface area contributed by atoms with Gasteiger partial charge in [-0.3, -0.25) is 4.79 Å². The summed E-state index contributed by atoms with van der Waals surface area (Å²) in [6, 6.07) is 5.55. The lowest BCUT2D eigenvalue weighted by Crippen LogP contribution is -2.01. The quantitative estimate of drug-likeness (QED) is 0.764. The minimum Gasteiger partial charge on any atom is -0.497 e. The van der Waals surface area contributed by atoms with Gasteiger partial charge in [0.1, 0.15) is 11.5 Å². The number of rotatable bonds is 3. The zero-order chi connectivity index (χ0) is 12.6. The number of carbonyl (C=O) groups excluding carboxylic acids is 1. The SMILES string of the molecule is COc1cc(OC)c2c(c1)cc(C(C)=O)n2C. The number of methoxy groups -OCH3 is 2. The van der Waals surface area contributed by atoms with Crippen LogP contribution < -0.4 is 9.47 Å². The summed E-state index contributed by atoms with van der Waals surface area (Å²) in [6.07, 6.45) is 0. The minimum atomic E-state index is 0.0321. The molecule has 0 aliphatic rings. The Bertz CT molecular complexity index is 584. The van der Waals surface area contributed by atoms with E-state index in [-0.39, 0.29) is 5.78 Å². The van der Waals surface area contributed by atoms with Gasteiger partial charge in [0.25, 0.3) is 0 Å². The molecule has 4 nitrogen and oxygen atoms in total. The lowest BCUT2D eigenvalue weighted by atomic mass is 10.2. The van der Waals surface area contributed by atoms with Crippen molar-refractivity contribution in [2.75, 3.05) is 14.2 Å². The highest BCUT2D eigenvalue weighted by atomic mass is 16.5. The number of hydrogen-bond acceptors (Lipinski definition) is 3. The van der Waals surface area contributed by atoms with Gasteiger partial charge in [-0.05, 0) is 12.1 Å². The molecule has 0 aliphatic heterocycles. The zero-order valence-electron chi connectivity index (χ0n) is 10.4. The Hall–Kier alpha value is -1.97. The lowest BCUT2D eigenvalue weighted by molar-refractivity contribution is 0.101. The van der Waals surface area contributed by atoms with Gasteiger partial charge in [-0.25, -0.2) is 0 Å². The summed E-state index contributed by atoms with van der Waals surface area (Å²) in [4.78, 5) is 11.5. The van der Waals surface area contributed by atoms with Crippen molar-refractivity contribution in [2.24, 2.45) is 7.05 Å². The standard InChI is InChI=1S/C13H15NO3/c1-8(15)11-6-9-5-10(16-3)7-12(17-4)13(9)14(11)2/h5-7H,1-4H3. The van der Waals surface area contributed by atoms with Crippen LogP contribution in [0.1, 0.15) is 17.4 Å². The first-order valence-electron chi connectivity index (χ1n) is 5.31. The first kappa shape index (κ1) is 11.5. The number of fused-ring (bicyclic) bond motifs is 1. The van der Waals surface area contributed by atoms with E-state index in [4.69, 9.17) is 9.47 Å². The normalized spacial score (nSPS) is 10.6. The van der Waals surface area contributed by atoms with Gasteiger partial charge in [-0.1, -0.05) is 0 Å². The van der Waals surface area contributed by atoms with Gasteiger partial charge < -0.3 is 14.0 Å². The summed E-state index contributed by atoms with van der Waals surface area (Å²) in [5, 5.41) is 0.939. The van der Waals surface area contributed by atoms with Crippen LogP contribution in [0.25, 0.3) is 10.9 Å². The monoisotopic (exact) mass is 233 g/mol. The summed E-state index contributed by atoms with van der Waals surface area (Å²) in [5.41, 5.74) is 1.56. The van der Waals surface area contributed by atoms with Gasteiger partial charge >= 0.3 is 0 Å². The molecule has 0 unspecified atom stereocenters. The Morgan fingerprint density at radius 2 is 1.88 bits per heavy atom. The van der Waals surface area contributed by atoms with Crippen molar-refractivity contribution < 1.29 is 14.3 Å². The van der Waals surface area contributed by atoms with Crippen molar-refractivity contribution in [1.29, 1.82) is 0 Å². The Morgan fingerprint density at radius 3 is 2.41 bits per heavy atom. The molecule has 0 saturated heterocycles. The molecule has 2 rings (SSSR count). The topological polar surface area (TPSA) is 40.5 Å². The van der Waals surface area contributed by atoms with E-state index in [0.717, 1.165) is 16.7 Å². The van der Waals surface area contributed by atoms with Crippen LogP contribution in [0.3, 0.4) is 0 Å². The molecule has 0 amide bonds. The van der Waals surface area contributed by atoms with Crippen LogP contribution in [0.5, 0.6) is 11.5 Å². The molecule has 0 atom stereocenters. The second kappa shape index (κ2) is 4.13. The van der Waals surface area contributed by atoms with Crippen molar-refractivity contribution in [3.8, 4) is 11.5 Å². The number of nitrogens with zero attached hydrogens (tertiary/aromatic N) is 1. The summed E-state index contributed by atoms with van der Waals surface area (Å²) < 4.78 is 12.4. The zero-order valence-corrected chi connectivity index (χ0v) is 10.4. The third-order valence-electron chi connectivity index (χ3n) is 2.88. The predicted molar refractivity (Wildman–Crippen MR) is 66.0 cm³/mol. The number of benzene rings is 1. The van der Waals surface area contributed by atoms with E-state index in [0.29, 0.717) is 11.4 Å². The second-order valence-corrected chi connectivity index (χ2v) is 3.91. The first-order chi connectivity index (χ1) is 8.08. The molecular formula is C13H15NO3. The molecule has 90 valence electrons. The predicted octanol–water partition coefficient (Wildman–Crippen LogP) is 2.40. The number of carbonyl (C=O) groups is 1. The van der Waals surface area contributed by atoms with Crippen LogP contribution in [-0.4, -0.2) is 24.6 Å². The highest BCUT2D eigenvalue weighted by Gasteiger charge is 2.14. The third-order valence-corrected chi connectivity index (χ3v) is 2.88. The van der Waals surface area contributed by atoms with Crippen LogP contribution in [0.4, 0.5) is 0 Å². The Kier molecular flexibility index (Phi) is 2.79. The van der Waals surface area contributed by atoms with Crippen molar-refractivity contribution in [2.45, 2.75) is 6.92 Å². The maximum atomic E-state index is 11.5. The fraction of sp³-hybridized carbons (Fsp3) is 0.308. The van der Waals surface area contributed by atoms with Crippen LogP contribution >= 0.6 is 0 Å². The third kappa shape index (κ3) is 1.75. The van der Waals surface area contributed by atoms with Crippen LogP contribution in [0.2, 0.25) is 0 Å². The lowest BCUT2D eigenvalue weighted by Gasteiger charge is -2.08. The van der Waals surface area contributed by atoms with Gasteiger partial charge in [0, 0.05) is 25.4 Å². The van der Waals surface area contributed by atoms with E-state index < -0.39 is 0 Å². The molecule has 17 heavy (non-hydrogen) atoms. The molecule has 0 spiro atoms. The number of aryl methyl sites for hydroxylation is 1. The fourth-order valence-corrected chi connectivity index (χ4v) is 2.05. The molecule has 2 aromatic rings. The van der Waals surface area contributed by atoms with Gasteiger partial charge in [-0.15, -0.1) is 0 Å². The number of hydrogen-bond donors (Lipinski definition) is 0. The average molecular weight is 233 g/mol. The number of ketones is 1. The van der Waals surface area contributed by atoms with Gasteiger partial charge in [0.2, 0.25) is 0 Å². The largest absolute Gasteiger partial charge is 0.497 e. The average Bonchev–Trinajstić information content (AvgIpc) is 2.65. The van der Waals surface area contributed by atoms with Crippen molar-refractivity contribution in [3.63, 3.8) is 0 Å². The molecule has 0 radical (unpaired) electrons. The number of aromatic nitrogens is 1. The van der Waals surface area contributed by atoms with E-state index in [1.807, 2.05) is 29.8 Å². The van der Waals surface area contributed by atoms with E-state index in [2.05, 4.69) is 0 Å². The smallest absolute Gasteiger partial charge is 0.176 e. The van der Waals surface area contributed by atoms with Crippen LogP contribution in [-0.2, 0) is 7.05 Å². The molecule has 0 saturated carbocycles. The molecule has 0 aliphatic carbocycles. The Balaban J connectivity index is 2.81. The second-order valence-electron chi connectivity index (χ2n) is 3.91. The maximum absolute atomic E-state index is 11.5. The first-order valence-corrected chi connectivity index (χ1v) is 5.31. The molecule has 0 N–H and O–H groups in total. The van der Waals surface area contributed by atoms with Crippen LogP contribution in [0, 0.1) is 0 Å². The molecule has 4 heteroatoms. The highest BCUT2D eigenvalue weighted by molar-refractivity contribution is 6.00. The van der Waals surface area contributed by atoms with Crippen molar-refractivity contribution in [1.82, 2.24) is 4.57 Å². The maximum Gasteiger partial charge on any atom is 0.176 e. The Labute approximate surface area is 99.7 Å². The molecule has 1 aromatic heterocycles. The molecule has 1 aromatic carbocycles. The molecule has 0 fully saturated rings. The van der Waals surface area contributed by atoms with Gasteiger partial charge in [0.05, 0.1) is 25.4 Å². The van der Waals surface area contributed by atoms with Crippen LogP contribution in [0.15, 0.2) is 18.2 Å². The molecule has 0 bridgehead atoms. The summed E-state index contributed by atoms with van der Waals surface area (Å²) in [7, 11) is 5.07. The van der Waals surface area contributed by atoms with Crippen molar-refractivity contribution in [3.05, 3.63) is 23.9 Å². The van der Waals surface area contributed by atoms with Gasteiger partial charge in [0.15, 0.2) is 5.78 Å². The molecule has 1 heterocycles. The summed E-state index contributed by atoms with van der Waals surface area (Å²) >= 11 is 0. The minimum absolute atomic E-state index is 0.0321. The highest BCUT2D eigenvalue weighted by Crippen LogP contribution is 2.33. The fourth-order valence-electron chi connectivity index (χ4n) is 2.05. The van der Waals surface area contributed by atoms with Gasteiger partial charge in [-0.2, -0.15) is 0 Å². The Morgan fingerprint density at radius 1 is 1.18 bits per heavy atom. The summed E-state index contributed by atoms with van der Waals surface area (Å²) in [5.74, 6) is 1.45. The van der Waals surface area contributed by atoms with E-state index in [1.54, 1.807) is 21.1 Å². The molecular weight excluding hydrogens is 218 g/mol. The number of Topliss-reactive ketones (excluding diaryl/α,β-unsaturated/α-hetero) is 1. The van der Waals surface area contributed by atoms with Crippen molar-refractivity contribution >= 4 is 16.7 Å². The van der Waals surface area contributed by atoms with E-state index >= 15 is 0 Å². The van der Waals surface area contributed by atoms with E-state index in [9.17, 15) is 4.79 Å². The number of ether oxygens (including phenoxy) is 2. The van der Waals surface area contributed by atoms with E-state index in [1.165, 1.54) is 0 Å².